The van der Waals surface area contributed by atoms with Crippen molar-refractivity contribution in [1.82, 2.24) is 0 Å². The molecular weight excluding hydrogens is 314 g/mol. The van der Waals surface area contributed by atoms with E-state index in [4.69, 9.17) is 5.73 Å². The highest BCUT2D eigenvalue weighted by molar-refractivity contribution is 6.11. The third-order valence-corrected chi connectivity index (χ3v) is 4.15. The number of nitrogens with two attached hydrogens (primary N) is 1. The number of rotatable bonds is 5. The van der Waals surface area contributed by atoms with Crippen molar-refractivity contribution in [2.45, 2.75) is 5.60 Å². The molecule has 0 saturated heterocycles. The SMILES string of the molecule is NC(=O)C(O)(c1ccccc1)c1ccccc1C(=O)c1ccccc1. The molecule has 0 saturated carbocycles. The first-order valence-electron chi connectivity index (χ1n) is 7.82. The molecule has 1 atom stereocenters. The Morgan fingerprint density at radius 3 is 1.88 bits per heavy atom. The highest BCUT2D eigenvalue weighted by Crippen LogP contribution is 2.32. The molecule has 124 valence electrons. The van der Waals surface area contributed by atoms with Gasteiger partial charge < -0.3 is 10.8 Å². The van der Waals surface area contributed by atoms with E-state index >= 15 is 0 Å². The minimum Gasteiger partial charge on any atom is -0.372 e. The van der Waals surface area contributed by atoms with Gasteiger partial charge in [-0.3, -0.25) is 9.59 Å². The topological polar surface area (TPSA) is 80.4 Å². The van der Waals surface area contributed by atoms with Crippen LogP contribution in [0.3, 0.4) is 0 Å². The fraction of sp³-hybridized carbons (Fsp3) is 0.0476. The minimum absolute atomic E-state index is 0.169. The second-order valence-electron chi connectivity index (χ2n) is 5.68. The third-order valence-electron chi connectivity index (χ3n) is 4.15. The summed E-state index contributed by atoms with van der Waals surface area (Å²) in [5, 5.41) is 11.2. The van der Waals surface area contributed by atoms with E-state index in [1.807, 2.05) is 6.07 Å². The second kappa shape index (κ2) is 6.71. The van der Waals surface area contributed by atoms with Crippen LogP contribution in [0.4, 0.5) is 0 Å². The van der Waals surface area contributed by atoms with Gasteiger partial charge in [0.15, 0.2) is 11.4 Å². The second-order valence-corrected chi connectivity index (χ2v) is 5.68. The number of hydrogen-bond acceptors (Lipinski definition) is 3. The van der Waals surface area contributed by atoms with E-state index in [0.717, 1.165) is 0 Å². The maximum Gasteiger partial charge on any atom is 0.258 e. The van der Waals surface area contributed by atoms with Gasteiger partial charge in [-0.15, -0.1) is 0 Å². The normalized spacial score (nSPS) is 13.0. The molecule has 3 aromatic rings. The lowest BCUT2D eigenvalue weighted by Crippen LogP contribution is -2.43. The molecular formula is C21H17NO3. The van der Waals surface area contributed by atoms with Crippen LogP contribution in [0.2, 0.25) is 0 Å². The molecule has 0 aliphatic heterocycles. The summed E-state index contributed by atoms with van der Waals surface area (Å²) >= 11 is 0. The summed E-state index contributed by atoms with van der Waals surface area (Å²) in [4.78, 5) is 25.1. The molecule has 25 heavy (non-hydrogen) atoms. The Bertz CT molecular complexity index is 907. The number of primary amides is 1. The van der Waals surface area contributed by atoms with Gasteiger partial charge in [0.25, 0.3) is 5.91 Å². The summed E-state index contributed by atoms with van der Waals surface area (Å²) in [5.41, 5.74) is 4.63. The third kappa shape index (κ3) is 2.95. The molecule has 0 bridgehead atoms. The fourth-order valence-corrected chi connectivity index (χ4v) is 2.85. The zero-order chi connectivity index (χ0) is 17.9. The van der Waals surface area contributed by atoms with Crippen LogP contribution < -0.4 is 5.73 Å². The van der Waals surface area contributed by atoms with Gasteiger partial charge in [0.05, 0.1) is 0 Å². The van der Waals surface area contributed by atoms with Crippen LogP contribution in [0.1, 0.15) is 27.0 Å². The number of amides is 1. The summed E-state index contributed by atoms with van der Waals surface area (Å²) in [6.07, 6.45) is 0. The Balaban J connectivity index is 2.20. The molecule has 0 aliphatic carbocycles. The van der Waals surface area contributed by atoms with Gasteiger partial charge in [-0.25, -0.2) is 0 Å². The largest absolute Gasteiger partial charge is 0.372 e. The molecule has 0 heterocycles. The predicted octanol–water partition coefficient (Wildman–Crippen LogP) is 2.64. The maximum absolute atomic E-state index is 12.9. The van der Waals surface area contributed by atoms with E-state index in [1.54, 1.807) is 78.9 Å². The summed E-state index contributed by atoms with van der Waals surface area (Å²) in [5.74, 6) is -1.22. The first-order valence-corrected chi connectivity index (χ1v) is 7.82. The number of carbonyl (C=O) groups is 2. The molecule has 1 unspecified atom stereocenters. The lowest BCUT2D eigenvalue weighted by Gasteiger charge is -2.27. The first kappa shape index (κ1) is 16.6. The summed E-state index contributed by atoms with van der Waals surface area (Å²) in [6.45, 7) is 0. The van der Waals surface area contributed by atoms with Crippen molar-refractivity contribution in [1.29, 1.82) is 0 Å². The molecule has 0 aromatic heterocycles. The molecule has 3 N–H and O–H groups in total. The lowest BCUT2D eigenvalue weighted by molar-refractivity contribution is -0.133. The summed E-state index contributed by atoms with van der Waals surface area (Å²) in [6, 6.07) is 23.6. The van der Waals surface area contributed by atoms with Gasteiger partial charge in [0.1, 0.15) is 0 Å². The number of carbonyl (C=O) groups excluding carboxylic acids is 2. The van der Waals surface area contributed by atoms with Crippen LogP contribution >= 0.6 is 0 Å². The van der Waals surface area contributed by atoms with E-state index in [0.29, 0.717) is 11.1 Å². The van der Waals surface area contributed by atoms with E-state index in [2.05, 4.69) is 0 Å². The highest BCUT2D eigenvalue weighted by atomic mass is 16.3. The van der Waals surface area contributed by atoms with Crippen molar-refractivity contribution in [3.8, 4) is 0 Å². The van der Waals surface area contributed by atoms with Crippen LogP contribution in [-0.2, 0) is 10.4 Å². The van der Waals surface area contributed by atoms with Crippen LogP contribution in [0, 0.1) is 0 Å². The van der Waals surface area contributed by atoms with E-state index in [9.17, 15) is 14.7 Å². The molecule has 3 rings (SSSR count). The van der Waals surface area contributed by atoms with Gasteiger partial charge >= 0.3 is 0 Å². The number of hydrogen-bond donors (Lipinski definition) is 2. The smallest absolute Gasteiger partial charge is 0.258 e. The quantitative estimate of drug-likeness (QED) is 0.705. The number of aliphatic hydroxyl groups is 1. The fourth-order valence-electron chi connectivity index (χ4n) is 2.85. The van der Waals surface area contributed by atoms with Crippen LogP contribution in [0.25, 0.3) is 0 Å². The average molecular weight is 331 g/mol. The Morgan fingerprint density at radius 2 is 1.28 bits per heavy atom. The summed E-state index contributed by atoms with van der Waals surface area (Å²) in [7, 11) is 0. The van der Waals surface area contributed by atoms with E-state index < -0.39 is 11.5 Å². The molecule has 3 aromatic carbocycles. The van der Waals surface area contributed by atoms with Gasteiger partial charge in [-0.1, -0.05) is 84.9 Å². The Labute approximate surface area is 145 Å². The minimum atomic E-state index is -2.09. The maximum atomic E-state index is 12.9. The zero-order valence-electron chi connectivity index (χ0n) is 13.4. The van der Waals surface area contributed by atoms with Crippen molar-refractivity contribution < 1.29 is 14.7 Å². The standard InChI is InChI=1S/C21H17NO3/c22-20(24)21(25,16-11-5-2-6-12-16)18-14-8-7-13-17(18)19(23)15-9-3-1-4-10-15/h1-14,25H,(H2,22,24). The number of ketones is 1. The Hall–Kier alpha value is -3.24. The van der Waals surface area contributed by atoms with Gasteiger partial charge in [-0.05, 0) is 5.56 Å². The Kier molecular flexibility index (Phi) is 4.46. The molecule has 0 radical (unpaired) electrons. The van der Waals surface area contributed by atoms with Crippen molar-refractivity contribution in [3.63, 3.8) is 0 Å². The van der Waals surface area contributed by atoms with Crippen molar-refractivity contribution >= 4 is 11.7 Å². The predicted molar refractivity (Wildman–Crippen MR) is 95.0 cm³/mol. The van der Waals surface area contributed by atoms with Crippen molar-refractivity contribution in [2.24, 2.45) is 5.73 Å². The van der Waals surface area contributed by atoms with Crippen molar-refractivity contribution in [3.05, 3.63) is 107 Å². The molecule has 0 fully saturated rings. The summed E-state index contributed by atoms with van der Waals surface area (Å²) < 4.78 is 0. The van der Waals surface area contributed by atoms with Gasteiger partial charge in [0.2, 0.25) is 0 Å². The van der Waals surface area contributed by atoms with Gasteiger partial charge in [0, 0.05) is 16.7 Å². The molecule has 0 aliphatic rings. The van der Waals surface area contributed by atoms with Crippen molar-refractivity contribution in [2.75, 3.05) is 0 Å². The molecule has 4 nitrogen and oxygen atoms in total. The first-order chi connectivity index (χ1) is 12.0. The number of benzene rings is 3. The lowest BCUT2D eigenvalue weighted by atomic mass is 9.81. The monoisotopic (exact) mass is 331 g/mol. The van der Waals surface area contributed by atoms with Crippen LogP contribution in [0.5, 0.6) is 0 Å². The van der Waals surface area contributed by atoms with E-state index in [1.165, 1.54) is 0 Å². The molecule has 4 heteroatoms. The highest BCUT2D eigenvalue weighted by Gasteiger charge is 2.40. The van der Waals surface area contributed by atoms with Crippen LogP contribution in [0.15, 0.2) is 84.9 Å². The van der Waals surface area contributed by atoms with Gasteiger partial charge in [-0.2, -0.15) is 0 Å². The molecule has 0 spiro atoms. The zero-order valence-corrected chi connectivity index (χ0v) is 13.4. The average Bonchev–Trinajstić information content (AvgIpc) is 2.68. The van der Waals surface area contributed by atoms with E-state index in [-0.39, 0.29) is 16.9 Å². The van der Waals surface area contributed by atoms with Crippen LogP contribution in [-0.4, -0.2) is 16.8 Å². The molecule has 1 amide bonds. The Morgan fingerprint density at radius 1 is 0.760 bits per heavy atom.